The second kappa shape index (κ2) is 6.65. The molecule has 0 radical (unpaired) electrons. The largest absolute Gasteiger partial charge is 0.319 e. The van der Waals surface area contributed by atoms with Gasteiger partial charge in [0.05, 0.1) is 17.2 Å². The maximum absolute atomic E-state index is 13.0. The van der Waals surface area contributed by atoms with E-state index >= 15 is 0 Å². The van der Waals surface area contributed by atoms with Crippen molar-refractivity contribution in [2.45, 2.75) is 13.0 Å². The average molecular weight is 391 g/mol. The zero-order chi connectivity index (χ0) is 19.1. The molecule has 28 heavy (non-hydrogen) atoms. The first kappa shape index (κ1) is 16.8. The number of benzene rings is 1. The summed E-state index contributed by atoms with van der Waals surface area (Å²) in [6.07, 6.45) is 5.94. The molecule has 0 saturated carbocycles. The van der Waals surface area contributed by atoms with Crippen molar-refractivity contribution in [3.05, 3.63) is 76.7 Å². The van der Waals surface area contributed by atoms with Crippen LogP contribution in [0.15, 0.2) is 59.8 Å². The number of H-pyrrole nitrogens is 1. The minimum atomic E-state index is -0.237. The number of aromatic nitrogens is 5. The number of hydrogen-bond donors (Lipinski definition) is 1. The molecular weight excluding hydrogens is 377 g/mol. The highest BCUT2D eigenvalue weighted by molar-refractivity contribution is 7.21. The molecule has 0 unspecified atom stereocenters. The molecule has 0 bridgehead atoms. The van der Waals surface area contributed by atoms with E-state index in [-0.39, 0.29) is 11.4 Å². The Morgan fingerprint density at radius 1 is 1.14 bits per heavy atom. The quantitative estimate of drug-likeness (QED) is 0.506. The Morgan fingerprint density at radius 3 is 2.86 bits per heavy atom. The smallest absolute Gasteiger partial charge is 0.268 e. The van der Waals surface area contributed by atoms with E-state index in [2.05, 4.69) is 20.1 Å². The Hall–Kier alpha value is -3.39. The van der Waals surface area contributed by atoms with Crippen molar-refractivity contribution >= 4 is 32.5 Å². The second-order valence-corrected chi connectivity index (χ2v) is 7.41. The van der Waals surface area contributed by atoms with Crippen molar-refractivity contribution in [3.8, 4) is 10.7 Å². The standard InChI is InChI=1S/C20H14FN5OS/c21-13-3-1-12(2-4-13)6-9-26-10-7-15(25-26)20-24-17-14-5-8-22-11-16(14)23-19(27)18(17)28-20/h1-5,7-8,10-11H,6,9H2,(H,23,27). The van der Waals surface area contributed by atoms with Gasteiger partial charge >= 0.3 is 0 Å². The SMILES string of the molecule is O=c1[nH]c2cnccc2c2nc(-c3ccn(CCc4ccc(F)cc4)n3)sc12. The first-order valence-corrected chi connectivity index (χ1v) is 9.54. The molecule has 4 heterocycles. The van der Waals surface area contributed by atoms with Gasteiger partial charge in [-0.25, -0.2) is 9.37 Å². The summed E-state index contributed by atoms with van der Waals surface area (Å²) in [6, 6.07) is 10.2. The zero-order valence-electron chi connectivity index (χ0n) is 14.6. The van der Waals surface area contributed by atoms with Crippen molar-refractivity contribution in [3.63, 3.8) is 0 Å². The van der Waals surface area contributed by atoms with Gasteiger partial charge in [-0.2, -0.15) is 5.10 Å². The highest BCUT2D eigenvalue weighted by Crippen LogP contribution is 2.30. The fourth-order valence-corrected chi connectivity index (χ4v) is 4.08. The number of fused-ring (bicyclic) bond motifs is 3. The zero-order valence-corrected chi connectivity index (χ0v) is 15.4. The lowest BCUT2D eigenvalue weighted by Gasteiger charge is -2.02. The number of hydrogen-bond acceptors (Lipinski definition) is 5. The molecule has 4 aromatic heterocycles. The van der Waals surface area contributed by atoms with E-state index in [0.717, 1.165) is 23.1 Å². The molecule has 0 aliphatic carbocycles. The maximum atomic E-state index is 13.0. The van der Waals surface area contributed by atoms with Crippen LogP contribution in [0.3, 0.4) is 0 Å². The number of nitrogens with zero attached hydrogens (tertiary/aromatic N) is 4. The molecule has 1 aromatic carbocycles. The van der Waals surface area contributed by atoms with Gasteiger partial charge in [0.15, 0.2) is 0 Å². The number of thiazole rings is 1. The van der Waals surface area contributed by atoms with Crippen LogP contribution in [0.4, 0.5) is 4.39 Å². The van der Waals surface area contributed by atoms with Crippen LogP contribution >= 0.6 is 11.3 Å². The van der Waals surface area contributed by atoms with E-state index in [0.29, 0.717) is 27.3 Å². The highest BCUT2D eigenvalue weighted by atomic mass is 32.1. The predicted octanol–water partition coefficient (Wildman–Crippen LogP) is 3.78. The van der Waals surface area contributed by atoms with Crippen LogP contribution in [0.5, 0.6) is 0 Å². The highest BCUT2D eigenvalue weighted by Gasteiger charge is 2.14. The van der Waals surface area contributed by atoms with Gasteiger partial charge in [0.2, 0.25) is 0 Å². The number of pyridine rings is 2. The summed E-state index contributed by atoms with van der Waals surface area (Å²) in [5, 5.41) is 6.15. The second-order valence-electron chi connectivity index (χ2n) is 6.41. The third-order valence-corrected chi connectivity index (χ3v) is 5.64. The summed E-state index contributed by atoms with van der Waals surface area (Å²) in [5.74, 6) is -0.237. The molecule has 5 rings (SSSR count). The minimum Gasteiger partial charge on any atom is -0.319 e. The van der Waals surface area contributed by atoms with Crippen molar-refractivity contribution < 1.29 is 4.39 Å². The number of nitrogens with one attached hydrogen (secondary N) is 1. The molecular formula is C20H14FN5OS. The van der Waals surface area contributed by atoms with Crippen LogP contribution < -0.4 is 5.56 Å². The molecule has 0 aliphatic rings. The molecule has 0 atom stereocenters. The average Bonchev–Trinajstić information content (AvgIpc) is 3.35. The van der Waals surface area contributed by atoms with Crippen LogP contribution in [-0.4, -0.2) is 24.7 Å². The topological polar surface area (TPSA) is 76.5 Å². The van der Waals surface area contributed by atoms with Gasteiger partial charge in [0.1, 0.15) is 21.2 Å². The van der Waals surface area contributed by atoms with E-state index in [1.54, 1.807) is 24.5 Å². The molecule has 1 N–H and O–H groups in total. The Balaban J connectivity index is 1.46. The van der Waals surface area contributed by atoms with Gasteiger partial charge in [-0.3, -0.25) is 14.5 Å². The fraction of sp³-hybridized carbons (Fsp3) is 0.100. The molecule has 138 valence electrons. The lowest BCUT2D eigenvalue weighted by Crippen LogP contribution is -2.04. The first-order chi connectivity index (χ1) is 13.7. The monoisotopic (exact) mass is 391 g/mol. The van der Waals surface area contributed by atoms with E-state index in [9.17, 15) is 9.18 Å². The Morgan fingerprint density at radius 2 is 2.00 bits per heavy atom. The van der Waals surface area contributed by atoms with Crippen LogP contribution in [0, 0.1) is 5.82 Å². The molecule has 0 saturated heterocycles. The van der Waals surface area contributed by atoms with Crippen LogP contribution in [0.2, 0.25) is 0 Å². The summed E-state index contributed by atoms with van der Waals surface area (Å²) in [7, 11) is 0. The first-order valence-electron chi connectivity index (χ1n) is 8.72. The van der Waals surface area contributed by atoms with E-state index < -0.39 is 0 Å². The van der Waals surface area contributed by atoms with Crippen LogP contribution in [0.25, 0.3) is 31.8 Å². The van der Waals surface area contributed by atoms with E-state index in [4.69, 9.17) is 0 Å². The van der Waals surface area contributed by atoms with Gasteiger partial charge in [0.25, 0.3) is 5.56 Å². The maximum Gasteiger partial charge on any atom is 0.268 e. The van der Waals surface area contributed by atoms with Gasteiger partial charge in [-0.1, -0.05) is 12.1 Å². The summed E-state index contributed by atoms with van der Waals surface area (Å²) >= 11 is 1.33. The molecule has 0 fully saturated rings. The van der Waals surface area contributed by atoms with Crippen LogP contribution in [0.1, 0.15) is 5.56 Å². The molecule has 5 aromatic rings. The Labute approximate surface area is 162 Å². The number of aromatic amines is 1. The van der Waals surface area contributed by atoms with Crippen molar-refractivity contribution in [1.29, 1.82) is 0 Å². The van der Waals surface area contributed by atoms with Gasteiger partial charge in [0, 0.05) is 24.3 Å². The summed E-state index contributed by atoms with van der Waals surface area (Å²) in [5.41, 5.74) is 2.94. The van der Waals surface area contributed by atoms with Crippen LogP contribution in [-0.2, 0) is 13.0 Å². The van der Waals surface area contributed by atoms with Gasteiger partial charge in [-0.05, 0) is 36.2 Å². The van der Waals surface area contributed by atoms with Gasteiger partial charge < -0.3 is 4.98 Å². The number of aryl methyl sites for hydroxylation is 2. The normalized spacial score (nSPS) is 11.5. The van der Waals surface area contributed by atoms with Crippen molar-refractivity contribution in [1.82, 2.24) is 24.7 Å². The summed E-state index contributed by atoms with van der Waals surface area (Å²) < 4.78 is 15.4. The third-order valence-electron chi connectivity index (χ3n) is 4.56. The van der Waals surface area contributed by atoms with E-state index in [1.165, 1.54) is 23.5 Å². The lowest BCUT2D eigenvalue weighted by atomic mass is 10.1. The van der Waals surface area contributed by atoms with Gasteiger partial charge in [-0.15, -0.1) is 11.3 Å². The summed E-state index contributed by atoms with van der Waals surface area (Å²) in [6.45, 7) is 0.672. The number of rotatable bonds is 4. The fourth-order valence-electron chi connectivity index (χ4n) is 3.14. The van der Waals surface area contributed by atoms with Crippen molar-refractivity contribution in [2.75, 3.05) is 0 Å². The molecule has 0 spiro atoms. The van der Waals surface area contributed by atoms with Crippen molar-refractivity contribution in [2.24, 2.45) is 0 Å². The predicted molar refractivity (Wildman–Crippen MR) is 107 cm³/mol. The molecule has 6 nitrogen and oxygen atoms in total. The minimum absolute atomic E-state index is 0.171. The summed E-state index contributed by atoms with van der Waals surface area (Å²) in [4.78, 5) is 23.9. The molecule has 0 aliphatic heterocycles. The number of halogens is 1. The third kappa shape index (κ3) is 2.97. The van der Waals surface area contributed by atoms with E-state index in [1.807, 2.05) is 23.0 Å². The lowest BCUT2D eigenvalue weighted by molar-refractivity contribution is 0.610. The Kier molecular flexibility index (Phi) is 3.98. The Bertz CT molecular complexity index is 1350. The molecule has 0 amide bonds. The molecule has 8 heteroatoms.